The minimum absolute atomic E-state index is 0.344. The smallest absolute Gasteiger partial charge is 0.0701 e. The second-order valence-corrected chi connectivity index (χ2v) is 7.71. The predicted octanol–water partition coefficient (Wildman–Crippen LogP) is 4.96. The Bertz CT molecular complexity index is 545. The van der Waals surface area contributed by atoms with Gasteiger partial charge in [-0.3, -0.25) is 4.68 Å². The first-order valence-corrected chi connectivity index (χ1v) is 9.31. The summed E-state index contributed by atoms with van der Waals surface area (Å²) in [5.41, 5.74) is 1.16. The maximum Gasteiger partial charge on any atom is 0.0701 e. The van der Waals surface area contributed by atoms with Crippen LogP contribution in [-0.2, 0) is 6.42 Å². The van der Waals surface area contributed by atoms with E-state index >= 15 is 0 Å². The van der Waals surface area contributed by atoms with Crippen molar-refractivity contribution in [3.05, 3.63) is 38.8 Å². The SMILES string of the molecule is CCNC(Cc1ccn(C(CC)CC)n1)c1ccc(Br)s1. The summed E-state index contributed by atoms with van der Waals surface area (Å²) < 4.78 is 3.31. The van der Waals surface area contributed by atoms with Gasteiger partial charge in [0.25, 0.3) is 0 Å². The van der Waals surface area contributed by atoms with Gasteiger partial charge in [-0.15, -0.1) is 11.3 Å². The molecular formula is C16H24BrN3S. The number of halogens is 1. The number of likely N-dealkylation sites (N-methyl/N-ethyl adjacent to an activating group) is 1. The van der Waals surface area contributed by atoms with Crippen LogP contribution in [0.5, 0.6) is 0 Å². The summed E-state index contributed by atoms with van der Waals surface area (Å²) in [7, 11) is 0. The number of aromatic nitrogens is 2. The zero-order chi connectivity index (χ0) is 15.2. The molecule has 1 atom stereocenters. The third-order valence-corrected chi connectivity index (χ3v) is 5.52. The Morgan fingerprint density at radius 2 is 2.00 bits per heavy atom. The summed E-state index contributed by atoms with van der Waals surface area (Å²) in [6.07, 6.45) is 5.33. The van der Waals surface area contributed by atoms with Crippen molar-refractivity contribution in [3.63, 3.8) is 0 Å². The molecule has 2 aromatic rings. The first-order valence-electron chi connectivity index (χ1n) is 7.70. The van der Waals surface area contributed by atoms with Crippen LogP contribution < -0.4 is 5.32 Å². The summed E-state index contributed by atoms with van der Waals surface area (Å²) >= 11 is 5.35. The number of hydrogen-bond acceptors (Lipinski definition) is 3. The Balaban J connectivity index is 2.10. The Morgan fingerprint density at radius 1 is 1.24 bits per heavy atom. The molecule has 0 aromatic carbocycles. The van der Waals surface area contributed by atoms with Gasteiger partial charge in [0.15, 0.2) is 0 Å². The van der Waals surface area contributed by atoms with Crippen LogP contribution in [0, 0.1) is 0 Å². The molecule has 5 heteroatoms. The minimum atomic E-state index is 0.344. The van der Waals surface area contributed by atoms with Gasteiger partial charge in [-0.2, -0.15) is 5.10 Å². The molecule has 0 aliphatic heterocycles. The molecule has 2 aromatic heterocycles. The van der Waals surface area contributed by atoms with E-state index in [9.17, 15) is 0 Å². The van der Waals surface area contributed by atoms with Gasteiger partial charge in [0.1, 0.15) is 0 Å². The molecule has 3 nitrogen and oxygen atoms in total. The number of thiophene rings is 1. The Kier molecular flexibility index (Phi) is 6.45. The van der Waals surface area contributed by atoms with Crippen molar-refractivity contribution in [2.45, 2.75) is 52.1 Å². The van der Waals surface area contributed by atoms with Crippen molar-refractivity contribution in [1.82, 2.24) is 15.1 Å². The van der Waals surface area contributed by atoms with Gasteiger partial charge in [0.05, 0.1) is 15.5 Å². The van der Waals surface area contributed by atoms with Crippen LogP contribution in [0.3, 0.4) is 0 Å². The topological polar surface area (TPSA) is 29.9 Å². The van der Waals surface area contributed by atoms with Gasteiger partial charge in [0.2, 0.25) is 0 Å². The van der Waals surface area contributed by atoms with Gasteiger partial charge in [-0.25, -0.2) is 0 Å². The highest BCUT2D eigenvalue weighted by Gasteiger charge is 2.16. The van der Waals surface area contributed by atoms with Crippen LogP contribution in [0.1, 0.15) is 56.3 Å². The van der Waals surface area contributed by atoms with E-state index in [1.54, 1.807) is 11.3 Å². The molecule has 0 saturated carbocycles. The first kappa shape index (κ1) is 16.7. The highest BCUT2D eigenvalue weighted by Crippen LogP contribution is 2.29. The standard InChI is InChI=1S/C16H24BrN3S/c1-4-13(5-2)20-10-9-12(19-20)11-14(18-6-3)15-7-8-16(17)21-15/h7-10,13-14,18H,4-6,11H2,1-3H3. The zero-order valence-corrected chi connectivity index (χ0v) is 15.4. The number of nitrogens with one attached hydrogen (secondary N) is 1. The maximum atomic E-state index is 4.78. The fourth-order valence-electron chi connectivity index (χ4n) is 2.60. The van der Waals surface area contributed by atoms with E-state index in [-0.39, 0.29) is 0 Å². The van der Waals surface area contributed by atoms with Gasteiger partial charge in [-0.05, 0) is 53.5 Å². The van der Waals surface area contributed by atoms with Crippen molar-refractivity contribution in [2.24, 2.45) is 0 Å². The molecule has 2 heterocycles. The Hall–Kier alpha value is -0.650. The molecule has 0 bridgehead atoms. The monoisotopic (exact) mass is 369 g/mol. The molecule has 0 spiro atoms. The largest absolute Gasteiger partial charge is 0.309 e. The molecule has 0 aliphatic rings. The van der Waals surface area contributed by atoms with Crippen LogP contribution in [0.2, 0.25) is 0 Å². The normalized spacial score (nSPS) is 13.0. The fraction of sp³-hybridized carbons (Fsp3) is 0.562. The molecule has 0 amide bonds. The lowest BCUT2D eigenvalue weighted by Crippen LogP contribution is -2.22. The molecular weight excluding hydrogens is 346 g/mol. The fourth-order valence-corrected chi connectivity index (χ4v) is 4.10. The van der Waals surface area contributed by atoms with E-state index in [1.807, 2.05) is 0 Å². The maximum absolute atomic E-state index is 4.78. The van der Waals surface area contributed by atoms with Crippen molar-refractivity contribution >= 4 is 27.3 Å². The third kappa shape index (κ3) is 4.41. The van der Waals surface area contributed by atoms with Crippen LogP contribution >= 0.6 is 27.3 Å². The van der Waals surface area contributed by atoms with Gasteiger partial charge < -0.3 is 5.32 Å². The Labute approximate surface area is 139 Å². The second kappa shape index (κ2) is 8.11. The summed E-state index contributed by atoms with van der Waals surface area (Å²) in [5, 5.41) is 8.34. The van der Waals surface area contributed by atoms with Crippen molar-refractivity contribution in [2.75, 3.05) is 6.54 Å². The van der Waals surface area contributed by atoms with Gasteiger partial charge >= 0.3 is 0 Å². The van der Waals surface area contributed by atoms with E-state index in [0.29, 0.717) is 12.1 Å². The zero-order valence-electron chi connectivity index (χ0n) is 13.0. The number of hydrogen-bond donors (Lipinski definition) is 1. The highest BCUT2D eigenvalue weighted by molar-refractivity contribution is 9.11. The molecule has 1 unspecified atom stereocenters. The first-order chi connectivity index (χ1) is 10.2. The summed E-state index contributed by atoms with van der Waals surface area (Å²) in [6, 6.07) is 7.34. The van der Waals surface area contributed by atoms with Crippen molar-refractivity contribution < 1.29 is 0 Å². The molecule has 0 saturated heterocycles. The molecule has 2 rings (SSSR count). The lowest BCUT2D eigenvalue weighted by atomic mass is 10.1. The van der Waals surface area contributed by atoms with Crippen LogP contribution in [0.4, 0.5) is 0 Å². The number of nitrogens with zero attached hydrogens (tertiary/aromatic N) is 2. The number of rotatable bonds is 8. The summed E-state index contributed by atoms with van der Waals surface area (Å²) in [4.78, 5) is 1.36. The molecule has 21 heavy (non-hydrogen) atoms. The van der Waals surface area contributed by atoms with Crippen molar-refractivity contribution in [1.29, 1.82) is 0 Å². The molecule has 116 valence electrons. The highest BCUT2D eigenvalue weighted by atomic mass is 79.9. The van der Waals surface area contributed by atoms with E-state index in [4.69, 9.17) is 5.10 Å². The lowest BCUT2D eigenvalue weighted by Gasteiger charge is -2.16. The Morgan fingerprint density at radius 3 is 2.57 bits per heavy atom. The van der Waals surface area contributed by atoms with E-state index in [2.05, 4.69) is 71.1 Å². The summed E-state index contributed by atoms with van der Waals surface area (Å²) in [6.45, 7) is 7.56. The predicted molar refractivity (Wildman–Crippen MR) is 94.0 cm³/mol. The molecule has 0 aliphatic carbocycles. The molecule has 0 radical (unpaired) electrons. The van der Waals surface area contributed by atoms with Crippen LogP contribution in [0.15, 0.2) is 28.2 Å². The van der Waals surface area contributed by atoms with Gasteiger partial charge in [0, 0.05) is 23.5 Å². The van der Waals surface area contributed by atoms with Gasteiger partial charge in [-0.1, -0.05) is 20.8 Å². The average Bonchev–Trinajstić information content (AvgIpc) is 3.09. The lowest BCUT2D eigenvalue weighted by molar-refractivity contribution is 0.423. The second-order valence-electron chi connectivity index (χ2n) is 5.21. The average molecular weight is 370 g/mol. The third-order valence-electron chi connectivity index (χ3n) is 3.78. The van der Waals surface area contributed by atoms with Crippen LogP contribution in [0.25, 0.3) is 0 Å². The minimum Gasteiger partial charge on any atom is -0.309 e. The molecule has 1 N–H and O–H groups in total. The van der Waals surface area contributed by atoms with E-state index in [1.165, 1.54) is 8.66 Å². The van der Waals surface area contributed by atoms with E-state index < -0.39 is 0 Å². The molecule has 0 fully saturated rings. The van der Waals surface area contributed by atoms with E-state index in [0.717, 1.165) is 31.5 Å². The van der Waals surface area contributed by atoms with Crippen molar-refractivity contribution in [3.8, 4) is 0 Å². The summed E-state index contributed by atoms with van der Waals surface area (Å²) in [5.74, 6) is 0. The van der Waals surface area contributed by atoms with Crippen LogP contribution in [-0.4, -0.2) is 16.3 Å². The quantitative estimate of drug-likeness (QED) is 0.712.